The van der Waals surface area contributed by atoms with Crippen LogP contribution in [-0.2, 0) is 5.75 Å². The van der Waals surface area contributed by atoms with Gasteiger partial charge in [-0.3, -0.25) is 4.79 Å². The van der Waals surface area contributed by atoms with Crippen LogP contribution < -0.4 is 10.1 Å². The number of nitrogens with zero attached hydrogens (tertiary/aromatic N) is 2. The van der Waals surface area contributed by atoms with E-state index >= 15 is 0 Å². The Kier molecular flexibility index (Phi) is 6.73. The summed E-state index contributed by atoms with van der Waals surface area (Å²) in [5.74, 6) is 1.80. The highest BCUT2D eigenvalue weighted by Gasteiger charge is 2.13. The summed E-state index contributed by atoms with van der Waals surface area (Å²) in [6, 6.07) is 12.5. The number of hydrogen-bond acceptors (Lipinski definition) is 6. The molecule has 0 aliphatic heterocycles. The van der Waals surface area contributed by atoms with Crippen molar-refractivity contribution in [3.05, 3.63) is 70.7 Å². The lowest BCUT2D eigenvalue weighted by atomic mass is 10.2. The molecule has 8 heteroatoms. The SMILES string of the molecule is Cc1cc(CSc2ncccc2C(=O)NCCOc2cccc(Cl)c2)no1. The predicted molar refractivity (Wildman–Crippen MR) is 104 cm³/mol. The summed E-state index contributed by atoms with van der Waals surface area (Å²) >= 11 is 7.35. The molecule has 2 heterocycles. The zero-order chi connectivity index (χ0) is 19.1. The molecule has 0 unspecified atom stereocenters. The zero-order valence-electron chi connectivity index (χ0n) is 14.6. The van der Waals surface area contributed by atoms with Gasteiger partial charge in [0.25, 0.3) is 5.91 Å². The Hall–Kier alpha value is -2.51. The van der Waals surface area contributed by atoms with Gasteiger partial charge in [-0.05, 0) is 37.3 Å². The van der Waals surface area contributed by atoms with E-state index in [1.165, 1.54) is 11.8 Å². The fourth-order valence-electron chi connectivity index (χ4n) is 2.29. The number of amides is 1. The van der Waals surface area contributed by atoms with Gasteiger partial charge in [-0.25, -0.2) is 4.98 Å². The van der Waals surface area contributed by atoms with Crippen molar-refractivity contribution in [3.8, 4) is 5.75 Å². The summed E-state index contributed by atoms with van der Waals surface area (Å²) in [4.78, 5) is 16.8. The Morgan fingerprint density at radius 2 is 2.19 bits per heavy atom. The maximum absolute atomic E-state index is 12.5. The first-order valence-corrected chi connectivity index (χ1v) is 9.65. The van der Waals surface area contributed by atoms with E-state index < -0.39 is 0 Å². The monoisotopic (exact) mass is 403 g/mol. The minimum absolute atomic E-state index is 0.198. The molecule has 27 heavy (non-hydrogen) atoms. The Balaban J connectivity index is 1.51. The number of benzene rings is 1. The van der Waals surface area contributed by atoms with Crippen LogP contribution in [0.15, 0.2) is 58.2 Å². The first kappa shape index (κ1) is 19.3. The third-order valence-electron chi connectivity index (χ3n) is 3.50. The third kappa shape index (κ3) is 5.74. The molecule has 0 bridgehead atoms. The minimum Gasteiger partial charge on any atom is -0.492 e. The van der Waals surface area contributed by atoms with Crippen molar-refractivity contribution in [2.24, 2.45) is 0 Å². The summed E-state index contributed by atoms with van der Waals surface area (Å²) in [5.41, 5.74) is 1.33. The summed E-state index contributed by atoms with van der Waals surface area (Å²) in [7, 11) is 0. The quantitative estimate of drug-likeness (QED) is 0.450. The van der Waals surface area contributed by atoms with Crippen molar-refractivity contribution in [3.63, 3.8) is 0 Å². The number of nitrogens with one attached hydrogen (secondary N) is 1. The van der Waals surface area contributed by atoms with Crippen molar-refractivity contribution < 1.29 is 14.1 Å². The van der Waals surface area contributed by atoms with Gasteiger partial charge in [0, 0.05) is 23.0 Å². The normalized spacial score (nSPS) is 10.6. The van der Waals surface area contributed by atoms with Gasteiger partial charge in [-0.1, -0.05) is 34.6 Å². The van der Waals surface area contributed by atoms with Gasteiger partial charge in [0.2, 0.25) is 0 Å². The van der Waals surface area contributed by atoms with Gasteiger partial charge in [-0.15, -0.1) is 0 Å². The average molecular weight is 404 g/mol. The lowest BCUT2D eigenvalue weighted by Gasteiger charge is -2.10. The van der Waals surface area contributed by atoms with E-state index in [1.54, 1.807) is 30.5 Å². The highest BCUT2D eigenvalue weighted by molar-refractivity contribution is 7.98. The first-order valence-electron chi connectivity index (χ1n) is 8.28. The number of aromatic nitrogens is 2. The number of hydrogen-bond donors (Lipinski definition) is 1. The first-order chi connectivity index (χ1) is 13.1. The average Bonchev–Trinajstić information content (AvgIpc) is 3.09. The molecule has 0 fully saturated rings. The second-order valence-corrected chi connectivity index (χ2v) is 7.04. The van der Waals surface area contributed by atoms with Crippen LogP contribution in [0, 0.1) is 6.92 Å². The molecule has 0 spiro atoms. The maximum atomic E-state index is 12.5. The van der Waals surface area contributed by atoms with Crippen LogP contribution in [0.4, 0.5) is 0 Å². The summed E-state index contributed by atoms with van der Waals surface area (Å²) in [6.45, 7) is 2.55. The van der Waals surface area contributed by atoms with E-state index in [4.69, 9.17) is 20.9 Å². The zero-order valence-corrected chi connectivity index (χ0v) is 16.2. The van der Waals surface area contributed by atoms with E-state index in [0.717, 1.165) is 11.5 Å². The number of rotatable bonds is 8. The highest BCUT2D eigenvalue weighted by atomic mass is 35.5. The number of ether oxygens (including phenoxy) is 1. The Bertz CT molecular complexity index is 916. The Labute approximate surface area is 166 Å². The fourth-order valence-corrected chi connectivity index (χ4v) is 3.34. The Morgan fingerprint density at radius 3 is 2.96 bits per heavy atom. The molecule has 6 nitrogen and oxygen atoms in total. The highest BCUT2D eigenvalue weighted by Crippen LogP contribution is 2.24. The van der Waals surface area contributed by atoms with Gasteiger partial charge in [0.1, 0.15) is 23.1 Å². The van der Waals surface area contributed by atoms with Crippen LogP contribution in [0.25, 0.3) is 0 Å². The summed E-state index contributed by atoms with van der Waals surface area (Å²) < 4.78 is 10.6. The smallest absolute Gasteiger partial charge is 0.254 e. The molecule has 1 N–H and O–H groups in total. The molecule has 2 aromatic heterocycles. The van der Waals surface area contributed by atoms with Crippen molar-refractivity contribution in [2.75, 3.05) is 13.2 Å². The summed E-state index contributed by atoms with van der Waals surface area (Å²) in [5, 5.41) is 8.05. The number of thioether (sulfide) groups is 1. The number of aryl methyl sites for hydroxylation is 1. The second-order valence-electron chi connectivity index (χ2n) is 5.64. The molecule has 1 aromatic carbocycles. The maximum Gasteiger partial charge on any atom is 0.254 e. The van der Waals surface area contributed by atoms with E-state index in [0.29, 0.717) is 40.3 Å². The lowest BCUT2D eigenvalue weighted by molar-refractivity contribution is 0.0943. The third-order valence-corrected chi connectivity index (χ3v) is 4.78. The molecule has 0 aliphatic carbocycles. The number of carbonyl (C=O) groups excluding carboxylic acids is 1. The topological polar surface area (TPSA) is 77.2 Å². The Morgan fingerprint density at radius 1 is 1.30 bits per heavy atom. The van der Waals surface area contributed by atoms with Crippen LogP contribution in [-0.4, -0.2) is 29.2 Å². The van der Waals surface area contributed by atoms with Gasteiger partial charge in [-0.2, -0.15) is 0 Å². The van der Waals surface area contributed by atoms with Crippen molar-refractivity contribution >= 4 is 29.3 Å². The summed E-state index contributed by atoms with van der Waals surface area (Å²) in [6.07, 6.45) is 1.66. The molecule has 3 rings (SSSR count). The van der Waals surface area contributed by atoms with Crippen LogP contribution in [0.3, 0.4) is 0 Å². The molecular weight excluding hydrogens is 386 g/mol. The van der Waals surface area contributed by atoms with Crippen LogP contribution in [0.1, 0.15) is 21.8 Å². The van der Waals surface area contributed by atoms with Crippen LogP contribution in [0.2, 0.25) is 5.02 Å². The number of pyridine rings is 1. The molecule has 0 atom stereocenters. The molecule has 0 saturated carbocycles. The van der Waals surface area contributed by atoms with Gasteiger partial charge < -0.3 is 14.6 Å². The number of halogens is 1. The fraction of sp³-hybridized carbons (Fsp3) is 0.211. The second kappa shape index (κ2) is 9.43. The van der Waals surface area contributed by atoms with Gasteiger partial charge in [0.15, 0.2) is 0 Å². The predicted octanol–water partition coefficient (Wildman–Crippen LogP) is 4.13. The molecule has 0 aliphatic rings. The van der Waals surface area contributed by atoms with E-state index in [9.17, 15) is 4.79 Å². The van der Waals surface area contributed by atoms with Crippen LogP contribution >= 0.6 is 23.4 Å². The van der Waals surface area contributed by atoms with Crippen molar-refractivity contribution in [1.29, 1.82) is 0 Å². The lowest BCUT2D eigenvalue weighted by Crippen LogP contribution is -2.28. The largest absolute Gasteiger partial charge is 0.492 e. The molecule has 140 valence electrons. The van der Waals surface area contributed by atoms with Gasteiger partial charge in [0.05, 0.1) is 17.8 Å². The minimum atomic E-state index is -0.198. The number of carbonyl (C=O) groups is 1. The van der Waals surface area contributed by atoms with Crippen LogP contribution in [0.5, 0.6) is 5.75 Å². The molecule has 1 amide bonds. The molecule has 3 aromatic rings. The van der Waals surface area contributed by atoms with E-state index in [-0.39, 0.29) is 5.91 Å². The van der Waals surface area contributed by atoms with Gasteiger partial charge >= 0.3 is 0 Å². The standard InChI is InChI=1S/C19H18ClN3O3S/c1-13-10-15(23-26-13)12-27-19-17(6-3-7-22-19)18(24)21-8-9-25-16-5-2-4-14(20)11-16/h2-7,10-11H,8-9,12H2,1H3,(H,21,24). The molecule has 0 saturated heterocycles. The van der Waals surface area contributed by atoms with E-state index in [2.05, 4.69) is 15.5 Å². The van der Waals surface area contributed by atoms with E-state index in [1.807, 2.05) is 25.1 Å². The molecular formula is C19H18ClN3O3S. The molecule has 0 radical (unpaired) electrons. The van der Waals surface area contributed by atoms with Crippen molar-refractivity contribution in [2.45, 2.75) is 17.7 Å². The van der Waals surface area contributed by atoms with Crippen molar-refractivity contribution in [1.82, 2.24) is 15.5 Å².